The molecule has 0 saturated carbocycles. The van der Waals surface area contributed by atoms with Gasteiger partial charge in [-0.05, 0) is 25.5 Å². The standard InChI is InChI=1S/C11H16N4O3S/c1-7-6-8(2)12-10-9(7)11(14-13-10)19(17,18)15(3)4-5-16/h6,16H,4-5H2,1-3H3,(H,12,13,14). The van der Waals surface area contributed by atoms with Crippen molar-refractivity contribution in [3.63, 3.8) is 0 Å². The average Bonchev–Trinajstić information content (AvgIpc) is 2.73. The number of aromatic amines is 1. The van der Waals surface area contributed by atoms with Crippen molar-refractivity contribution in [1.82, 2.24) is 19.5 Å². The lowest BCUT2D eigenvalue weighted by atomic mass is 10.2. The van der Waals surface area contributed by atoms with Crippen LogP contribution in [0.1, 0.15) is 11.3 Å². The highest BCUT2D eigenvalue weighted by Crippen LogP contribution is 2.25. The maximum absolute atomic E-state index is 12.4. The Morgan fingerprint density at radius 1 is 1.42 bits per heavy atom. The van der Waals surface area contributed by atoms with Crippen molar-refractivity contribution in [3.05, 3.63) is 17.3 Å². The fourth-order valence-corrected chi connectivity index (χ4v) is 3.25. The topological polar surface area (TPSA) is 99.2 Å². The van der Waals surface area contributed by atoms with Crippen LogP contribution < -0.4 is 0 Å². The highest BCUT2D eigenvalue weighted by Gasteiger charge is 2.26. The number of nitrogens with zero attached hydrogens (tertiary/aromatic N) is 3. The van der Waals surface area contributed by atoms with Crippen molar-refractivity contribution in [2.75, 3.05) is 20.2 Å². The molecule has 7 nitrogen and oxygen atoms in total. The lowest BCUT2D eigenvalue weighted by molar-refractivity contribution is 0.266. The van der Waals surface area contributed by atoms with Crippen molar-refractivity contribution in [2.45, 2.75) is 18.9 Å². The number of sulfonamides is 1. The van der Waals surface area contributed by atoms with E-state index in [0.717, 1.165) is 15.6 Å². The Labute approximate surface area is 111 Å². The van der Waals surface area contributed by atoms with E-state index in [2.05, 4.69) is 15.2 Å². The van der Waals surface area contributed by atoms with E-state index in [4.69, 9.17) is 5.11 Å². The molecule has 0 atom stereocenters. The molecule has 104 valence electrons. The maximum Gasteiger partial charge on any atom is 0.260 e. The number of rotatable bonds is 4. The molecule has 8 heteroatoms. The Bertz CT molecular complexity index is 708. The molecule has 2 rings (SSSR count). The number of hydrogen-bond donors (Lipinski definition) is 2. The van der Waals surface area contributed by atoms with Crippen molar-refractivity contribution in [3.8, 4) is 0 Å². The minimum Gasteiger partial charge on any atom is -0.395 e. The molecule has 0 unspecified atom stereocenters. The molecule has 0 spiro atoms. The number of aromatic nitrogens is 3. The predicted molar refractivity (Wildman–Crippen MR) is 70.3 cm³/mol. The van der Waals surface area contributed by atoms with Gasteiger partial charge in [-0.15, -0.1) is 0 Å². The summed E-state index contributed by atoms with van der Waals surface area (Å²) in [4.78, 5) is 4.20. The summed E-state index contributed by atoms with van der Waals surface area (Å²) >= 11 is 0. The molecule has 2 aromatic heterocycles. The van der Waals surface area contributed by atoms with E-state index in [1.54, 1.807) is 0 Å². The van der Waals surface area contributed by atoms with Crippen LogP contribution in [0.4, 0.5) is 0 Å². The number of pyridine rings is 1. The minimum absolute atomic E-state index is 0.0171. The summed E-state index contributed by atoms with van der Waals surface area (Å²) in [7, 11) is -2.29. The van der Waals surface area contributed by atoms with Gasteiger partial charge in [0.05, 0.1) is 12.0 Å². The van der Waals surface area contributed by atoms with E-state index in [0.29, 0.717) is 11.0 Å². The highest BCUT2D eigenvalue weighted by molar-refractivity contribution is 7.89. The lowest BCUT2D eigenvalue weighted by Crippen LogP contribution is -2.30. The number of aliphatic hydroxyl groups excluding tert-OH is 1. The Kier molecular flexibility index (Phi) is 3.57. The zero-order valence-corrected chi connectivity index (χ0v) is 11.8. The van der Waals surface area contributed by atoms with Crippen molar-refractivity contribution < 1.29 is 13.5 Å². The van der Waals surface area contributed by atoms with E-state index in [-0.39, 0.29) is 18.2 Å². The normalized spacial score (nSPS) is 12.5. The fraction of sp³-hybridized carbons (Fsp3) is 0.455. The third-order valence-electron chi connectivity index (χ3n) is 2.90. The van der Waals surface area contributed by atoms with Gasteiger partial charge >= 0.3 is 0 Å². The predicted octanol–water partition coefficient (Wildman–Crippen LogP) is 0.188. The third kappa shape index (κ3) is 2.34. The second kappa shape index (κ2) is 4.87. The van der Waals surface area contributed by atoms with Crippen LogP contribution in [0, 0.1) is 13.8 Å². The molecule has 0 saturated heterocycles. The Morgan fingerprint density at radius 2 is 2.11 bits per heavy atom. The van der Waals surface area contributed by atoms with Gasteiger partial charge in [-0.2, -0.15) is 9.40 Å². The van der Waals surface area contributed by atoms with Gasteiger partial charge in [0.25, 0.3) is 10.0 Å². The molecule has 0 aliphatic carbocycles. The van der Waals surface area contributed by atoms with Gasteiger partial charge < -0.3 is 5.11 Å². The lowest BCUT2D eigenvalue weighted by Gasteiger charge is -2.14. The first-order valence-corrected chi connectivity index (χ1v) is 7.21. The summed E-state index contributed by atoms with van der Waals surface area (Å²) in [6.45, 7) is 3.43. The van der Waals surface area contributed by atoms with Gasteiger partial charge in [0.1, 0.15) is 0 Å². The monoisotopic (exact) mass is 284 g/mol. The number of H-pyrrole nitrogens is 1. The smallest absolute Gasteiger partial charge is 0.260 e. The molecule has 19 heavy (non-hydrogen) atoms. The van der Waals surface area contributed by atoms with Gasteiger partial charge in [0.2, 0.25) is 0 Å². The summed E-state index contributed by atoms with van der Waals surface area (Å²) in [5.74, 6) is 0. The van der Waals surface area contributed by atoms with Crippen LogP contribution in [0.3, 0.4) is 0 Å². The first-order chi connectivity index (χ1) is 8.87. The van der Waals surface area contributed by atoms with Gasteiger partial charge in [-0.3, -0.25) is 5.10 Å². The first-order valence-electron chi connectivity index (χ1n) is 5.77. The second-order valence-electron chi connectivity index (χ2n) is 4.38. The molecule has 2 heterocycles. The molecular formula is C11H16N4O3S. The Hall–Kier alpha value is -1.51. The zero-order chi connectivity index (χ0) is 14.2. The van der Waals surface area contributed by atoms with Crippen LogP contribution >= 0.6 is 0 Å². The SMILES string of the molecule is Cc1cc(C)c2c(S(=O)(=O)N(C)CCO)[nH]nc2n1. The minimum atomic E-state index is -3.70. The molecular weight excluding hydrogens is 268 g/mol. The van der Waals surface area contributed by atoms with Crippen LogP contribution in [-0.2, 0) is 10.0 Å². The molecule has 2 N–H and O–H groups in total. The summed E-state index contributed by atoms with van der Waals surface area (Å²) in [5, 5.41) is 15.9. The summed E-state index contributed by atoms with van der Waals surface area (Å²) in [6, 6.07) is 1.81. The van der Waals surface area contributed by atoms with E-state index < -0.39 is 10.0 Å². The first kappa shape index (κ1) is 13.9. The van der Waals surface area contributed by atoms with E-state index >= 15 is 0 Å². The molecule has 0 aromatic carbocycles. The molecule has 0 radical (unpaired) electrons. The van der Waals surface area contributed by atoms with Crippen LogP contribution in [-0.4, -0.2) is 53.2 Å². The van der Waals surface area contributed by atoms with Crippen LogP contribution in [0.25, 0.3) is 11.0 Å². The van der Waals surface area contributed by atoms with Crippen LogP contribution in [0.15, 0.2) is 11.1 Å². The number of likely N-dealkylation sites (N-methyl/N-ethyl adjacent to an activating group) is 1. The Morgan fingerprint density at radius 3 is 2.74 bits per heavy atom. The molecule has 0 aliphatic heterocycles. The van der Waals surface area contributed by atoms with Crippen LogP contribution in [0.5, 0.6) is 0 Å². The third-order valence-corrected chi connectivity index (χ3v) is 4.71. The zero-order valence-electron chi connectivity index (χ0n) is 11.0. The largest absolute Gasteiger partial charge is 0.395 e. The maximum atomic E-state index is 12.4. The molecule has 0 bridgehead atoms. The Balaban J connectivity index is 2.64. The van der Waals surface area contributed by atoms with Gasteiger partial charge in [0, 0.05) is 19.3 Å². The summed E-state index contributed by atoms with van der Waals surface area (Å²) in [5.41, 5.74) is 1.96. The highest BCUT2D eigenvalue weighted by atomic mass is 32.2. The summed E-state index contributed by atoms with van der Waals surface area (Å²) < 4.78 is 25.8. The van der Waals surface area contributed by atoms with Crippen molar-refractivity contribution >= 4 is 21.1 Å². The number of aliphatic hydroxyl groups is 1. The van der Waals surface area contributed by atoms with Crippen molar-refractivity contribution in [1.29, 1.82) is 0 Å². The summed E-state index contributed by atoms with van der Waals surface area (Å²) in [6.07, 6.45) is 0. The number of hydrogen-bond acceptors (Lipinski definition) is 5. The second-order valence-corrected chi connectivity index (χ2v) is 6.36. The van der Waals surface area contributed by atoms with Crippen LogP contribution in [0.2, 0.25) is 0 Å². The molecule has 2 aromatic rings. The van der Waals surface area contributed by atoms with Gasteiger partial charge in [-0.1, -0.05) is 0 Å². The van der Waals surface area contributed by atoms with E-state index in [1.807, 2.05) is 19.9 Å². The fourth-order valence-electron chi connectivity index (χ4n) is 1.94. The molecule has 0 fully saturated rings. The van der Waals surface area contributed by atoms with E-state index in [9.17, 15) is 8.42 Å². The quantitative estimate of drug-likeness (QED) is 0.835. The number of fused-ring (bicyclic) bond motifs is 1. The van der Waals surface area contributed by atoms with E-state index in [1.165, 1.54) is 7.05 Å². The van der Waals surface area contributed by atoms with Gasteiger partial charge in [-0.25, -0.2) is 13.4 Å². The van der Waals surface area contributed by atoms with Gasteiger partial charge in [0.15, 0.2) is 10.7 Å². The average molecular weight is 284 g/mol. The molecule has 0 aliphatic rings. The number of aryl methyl sites for hydroxylation is 2. The van der Waals surface area contributed by atoms with Crippen molar-refractivity contribution in [2.24, 2.45) is 0 Å². The number of nitrogens with one attached hydrogen (secondary N) is 1. The molecule has 0 amide bonds.